The lowest BCUT2D eigenvalue weighted by Crippen LogP contribution is -2.31. The minimum atomic E-state index is -3.16. The average molecular weight is 389 g/mol. The van der Waals surface area contributed by atoms with Gasteiger partial charge in [-0.15, -0.1) is 0 Å². The van der Waals surface area contributed by atoms with Gasteiger partial charge in [-0.3, -0.25) is 9.59 Å². The van der Waals surface area contributed by atoms with Crippen molar-refractivity contribution in [3.63, 3.8) is 0 Å². The van der Waals surface area contributed by atoms with Crippen LogP contribution in [0.25, 0.3) is 0 Å². The van der Waals surface area contributed by atoms with Gasteiger partial charge in [-0.25, -0.2) is 0 Å². The Morgan fingerprint density at radius 1 is 1.04 bits per heavy atom. The van der Waals surface area contributed by atoms with E-state index in [-0.39, 0.29) is 24.7 Å². The molecule has 1 fully saturated rings. The van der Waals surface area contributed by atoms with Crippen LogP contribution in [-0.4, -0.2) is 24.8 Å². The molecule has 5 heteroatoms. The first-order chi connectivity index (χ1) is 12.8. The van der Waals surface area contributed by atoms with E-state index in [1.807, 2.05) is 6.92 Å². The Balaban J connectivity index is 2.26. The van der Waals surface area contributed by atoms with Crippen molar-refractivity contribution in [2.24, 2.45) is 17.8 Å². The predicted molar refractivity (Wildman–Crippen MR) is 104 cm³/mol. The van der Waals surface area contributed by atoms with Crippen LogP contribution in [0.3, 0.4) is 0 Å². The van der Waals surface area contributed by atoms with Gasteiger partial charge in [-0.1, -0.05) is 65.2 Å². The maximum absolute atomic E-state index is 14.0. The van der Waals surface area contributed by atoms with E-state index in [0.29, 0.717) is 31.1 Å². The van der Waals surface area contributed by atoms with Gasteiger partial charge in [0, 0.05) is 19.3 Å². The molecule has 0 radical (unpaired) electrons. The minimum absolute atomic E-state index is 0.0176. The minimum Gasteiger partial charge on any atom is -0.469 e. The van der Waals surface area contributed by atoms with Gasteiger partial charge in [0.1, 0.15) is 0 Å². The molecule has 0 saturated heterocycles. The van der Waals surface area contributed by atoms with E-state index in [4.69, 9.17) is 0 Å². The van der Waals surface area contributed by atoms with Crippen LogP contribution in [-0.2, 0) is 14.3 Å². The van der Waals surface area contributed by atoms with Gasteiger partial charge < -0.3 is 4.74 Å². The Bertz CT molecular complexity index is 451. The molecule has 0 aromatic rings. The van der Waals surface area contributed by atoms with Gasteiger partial charge in [0.2, 0.25) is 5.78 Å². The molecule has 0 heterocycles. The molecule has 3 atom stereocenters. The van der Waals surface area contributed by atoms with Gasteiger partial charge in [0.15, 0.2) is 0 Å². The fraction of sp³-hybridized carbons (Fsp3) is 0.909. The van der Waals surface area contributed by atoms with E-state index in [1.54, 1.807) is 6.92 Å². The van der Waals surface area contributed by atoms with Crippen LogP contribution in [0.4, 0.5) is 8.78 Å². The summed E-state index contributed by atoms with van der Waals surface area (Å²) in [7, 11) is 1.41. The van der Waals surface area contributed by atoms with Crippen LogP contribution in [0.15, 0.2) is 0 Å². The fourth-order valence-corrected chi connectivity index (χ4v) is 4.20. The third-order valence-corrected chi connectivity index (χ3v) is 6.20. The van der Waals surface area contributed by atoms with Crippen molar-refractivity contribution in [1.82, 2.24) is 0 Å². The number of hydrogen-bond donors (Lipinski definition) is 0. The summed E-state index contributed by atoms with van der Waals surface area (Å²) in [5.41, 5.74) is 0. The molecule has 1 unspecified atom stereocenters. The highest BCUT2D eigenvalue weighted by atomic mass is 19.3. The Labute approximate surface area is 163 Å². The zero-order chi connectivity index (χ0) is 20.3. The first-order valence-corrected chi connectivity index (χ1v) is 10.8. The summed E-state index contributed by atoms with van der Waals surface area (Å²) >= 11 is 0. The summed E-state index contributed by atoms with van der Waals surface area (Å²) in [6.45, 7) is 3.66. The number of ether oxygens (including phenoxy) is 1. The lowest BCUT2D eigenvalue weighted by Gasteiger charge is -2.22. The molecule has 0 amide bonds. The Morgan fingerprint density at radius 3 is 2.30 bits per heavy atom. The second-order valence-electron chi connectivity index (χ2n) is 8.36. The molecule has 1 rings (SSSR count). The molecule has 158 valence electrons. The zero-order valence-corrected chi connectivity index (χ0v) is 17.4. The first kappa shape index (κ1) is 24.0. The number of methoxy groups -OCH3 is 1. The van der Waals surface area contributed by atoms with Crippen LogP contribution < -0.4 is 0 Å². The van der Waals surface area contributed by atoms with Crippen LogP contribution in [0.5, 0.6) is 0 Å². The number of carbonyl (C=O) groups excluding carboxylic acids is 2. The number of carbonyl (C=O) groups is 2. The Morgan fingerprint density at radius 2 is 1.67 bits per heavy atom. The molecule has 0 aromatic heterocycles. The number of ketones is 1. The summed E-state index contributed by atoms with van der Waals surface area (Å²) in [5, 5.41) is 0. The van der Waals surface area contributed by atoms with Crippen molar-refractivity contribution in [2.45, 2.75) is 103 Å². The summed E-state index contributed by atoms with van der Waals surface area (Å²) < 4.78 is 32.7. The van der Waals surface area contributed by atoms with E-state index >= 15 is 0 Å². The van der Waals surface area contributed by atoms with E-state index in [0.717, 1.165) is 51.4 Å². The zero-order valence-electron chi connectivity index (χ0n) is 17.4. The highest BCUT2D eigenvalue weighted by molar-refractivity contribution is 5.85. The highest BCUT2D eigenvalue weighted by Crippen LogP contribution is 2.39. The Kier molecular flexibility index (Phi) is 11.1. The smallest absolute Gasteiger partial charge is 0.305 e. The molecule has 1 saturated carbocycles. The van der Waals surface area contributed by atoms with Crippen molar-refractivity contribution in [3.8, 4) is 0 Å². The maximum atomic E-state index is 14.0. The van der Waals surface area contributed by atoms with E-state index in [1.165, 1.54) is 7.11 Å². The van der Waals surface area contributed by atoms with Crippen molar-refractivity contribution in [2.75, 3.05) is 7.11 Å². The molecule has 3 nitrogen and oxygen atoms in total. The molecule has 1 aliphatic carbocycles. The van der Waals surface area contributed by atoms with E-state index < -0.39 is 11.7 Å². The fourth-order valence-electron chi connectivity index (χ4n) is 4.20. The second-order valence-corrected chi connectivity index (χ2v) is 8.36. The number of alkyl halides is 2. The van der Waals surface area contributed by atoms with Crippen molar-refractivity contribution < 1.29 is 23.1 Å². The third-order valence-electron chi connectivity index (χ3n) is 6.20. The third kappa shape index (κ3) is 9.16. The number of halogens is 2. The maximum Gasteiger partial charge on any atom is 0.305 e. The number of hydrogen-bond acceptors (Lipinski definition) is 3. The molecular formula is C22H38F2O3. The van der Waals surface area contributed by atoms with Crippen molar-refractivity contribution in [3.05, 3.63) is 0 Å². The molecule has 0 aromatic carbocycles. The lowest BCUT2D eigenvalue weighted by atomic mass is 9.85. The van der Waals surface area contributed by atoms with Gasteiger partial charge in [0.25, 0.3) is 0 Å². The van der Waals surface area contributed by atoms with Crippen molar-refractivity contribution >= 4 is 11.8 Å². The van der Waals surface area contributed by atoms with Crippen LogP contribution >= 0.6 is 0 Å². The van der Waals surface area contributed by atoms with E-state index in [2.05, 4.69) is 4.74 Å². The number of esters is 1. The number of rotatable bonds is 14. The topological polar surface area (TPSA) is 43.4 Å². The molecule has 0 aliphatic heterocycles. The second kappa shape index (κ2) is 12.5. The van der Waals surface area contributed by atoms with Gasteiger partial charge in [0.05, 0.1) is 7.11 Å². The highest BCUT2D eigenvalue weighted by Gasteiger charge is 2.39. The van der Waals surface area contributed by atoms with Crippen LogP contribution in [0.1, 0.15) is 97.3 Å². The summed E-state index contributed by atoms with van der Waals surface area (Å²) in [5.74, 6) is -3.31. The van der Waals surface area contributed by atoms with Gasteiger partial charge >= 0.3 is 11.9 Å². The molecular weight excluding hydrogens is 350 g/mol. The van der Waals surface area contributed by atoms with Crippen LogP contribution in [0.2, 0.25) is 0 Å². The monoisotopic (exact) mass is 388 g/mol. The number of Topliss-reactive ketones (excluding diaryl/α,β-unsaturated/α-hetero) is 1. The van der Waals surface area contributed by atoms with Crippen LogP contribution in [0, 0.1) is 17.8 Å². The number of unbranched alkanes of at least 4 members (excludes halogenated alkanes) is 3. The molecule has 1 aliphatic rings. The molecule has 27 heavy (non-hydrogen) atoms. The normalized spacial score (nSPS) is 21.2. The molecule has 0 bridgehead atoms. The average Bonchev–Trinajstić information content (AvgIpc) is 3.08. The predicted octanol–water partition coefficient (Wildman–Crippen LogP) is 6.34. The molecule has 0 N–H and O–H groups in total. The lowest BCUT2D eigenvalue weighted by molar-refractivity contribution is -0.145. The van der Waals surface area contributed by atoms with Gasteiger partial charge in [-0.2, -0.15) is 8.78 Å². The van der Waals surface area contributed by atoms with Crippen molar-refractivity contribution in [1.29, 1.82) is 0 Å². The summed E-state index contributed by atoms with van der Waals surface area (Å²) in [6.07, 6.45) is 10.0. The first-order valence-electron chi connectivity index (χ1n) is 10.8. The SMILES string of the molecule is CC[C@H](C)CC(F)(F)C(=O)CC[C@H]1CCCC1CCCCCCC(=O)OC. The van der Waals surface area contributed by atoms with Gasteiger partial charge in [-0.05, 0) is 30.6 Å². The molecule has 0 spiro atoms. The standard InChI is InChI=1S/C22H38F2O3/c1-4-17(2)16-22(23,24)20(25)15-14-19-12-9-11-18(19)10-7-5-6-8-13-21(26)27-3/h17-19H,4-16H2,1-3H3/t17-,18?,19+/m0/s1. The summed E-state index contributed by atoms with van der Waals surface area (Å²) in [4.78, 5) is 23.1. The van der Waals surface area contributed by atoms with E-state index in [9.17, 15) is 18.4 Å². The quantitative estimate of drug-likeness (QED) is 0.258. The Hall–Kier alpha value is -1.00. The summed E-state index contributed by atoms with van der Waals surface area (Å²) in [6, 6.07) is 0. The largest absolute Gasteiger partial charge is 0.469 e.